The number of hydrogen-bond acceptors (Lipinski definition) is 2. The Morgan fingerprint density at radius 2 is 1.81 bits per heavy atom. The molecular formula is C22H26N2O2. The summed E-state index contributed by atoms with van der Waals surface area (Å²) in [6, 6.07) is 18.1. The lowest BCUT2D eigenvalue weighted by Gasteiger charge is -2.19. The molecule has 2 aromatic rings. The molecule has 1 aliphatic heterocycles. The van der Waals surface area contributed by atoms with Crippen LogP contribution in [0.1, 0.15) is 31.4 Å². The van der Waals surface area contributed by atoms with E-state index in [-0.39, 0.29) is 17.7 Å². The van der Waals surface area contributed by atoms with Gasteiger partial charge in [0.1, 0.15) is 0 Å². The van der Waals surface area contributed by atoms with Gasteiger partial charge in [0, 0.05) is 25.2 Å². The minimum atomic E-state index is -0.272. The highest BCUT2D eigenvalue weighted by Gasteiger charge is 2.34. The maximum absolute atomic E-state index is 12.7. The van der Waals surface area contributed by atoms with Crippen LogP contribution in [0.3, 0.4) is 0 Å². The Labute approximate surface area is 155 Å². The summed E-state index contributed by atoms with van der Waals surface area (Å²) in [6.45, 7) is 5.40. The number of benzene rings is 2. The van der Waals surface area contributed by atoms with Crippen LogP contribution in [0.5, 0.6) is 0 Å². The van der Waals surface area contributed by atoms with Crippen LogP contribution >= 0.6 is 0 Å². The molecule has 26 heavy (non-hydrogen) atoms. The van der Waals surface area contributed by atoms with Gasteiger partial charge in [0.15, 0.2) is 0 Å². The molecule has 3 rings (SSSR count). The Kier molecular flexibility index (Phi) is 5.71. The zero-order valence-corrected chi connectivity index (χ0v) is 15.4. The summed E-state index contributed by atoms with van der Waals surface area (Å²) in [5, 5.41) is 3.05. The number of nitrogens with one attached hydrogen (secondary N) is 1. The number of anilines is 1. The van der Waals surface area contributed by atoms with Crippen molar-refractivity contribution < 1.29 is 9.59 Å². The molecule has 4 heteroatoms. The van der Waals surface area contributed by atoms with Crippen LogP contribution in [0.15, 0.2) is 54.6 Å². The van der Waals surface area contributed by atoms with Gasteiger partial charge >= 0.3 is 0 Å². The van der Waals surface area contributed by atoms with Gasteiger partial charge < -0.3 is 10.2 Å². The summed E-state index contributed by atoms with van der Waals surface area (Å²) in [7, 11) is 0. The van der Waals surface area contributed by atoms with Gasteiger partial charge in [-0.3, -0.25) is 9.59 Å². The number of carbonyl (C=O) groups excluding carboxylic acids is 2. The van der Waals surface area contributed by atoms with E-state index in [1.807, 2.05) is 47.4 Å². The van der Waals surface area contributed by atoms with Crippen LogP contribution in [0.4, 0.5) is 5.69 Å². The summed E-state index contributed by atoms with van der Waals surface area (Å²) in [5.74, 6) is 0.153. The molecule has 1 atom stereocenters. The van der Waals surface area contributed by atoms with E-state index >= 15 is 0 Å². The predicted molar refractivity (Wildman–Crippen MR) is 104 cm³/mol. The molecule has 136 valence electrons. The van der Waals surface area contributed by atoms with Gasteiger partial charge in [-0.1, -0.05) is 62.4 Å². The molecule has 1 heterocycles. The van der Waals surface area contributed by atoms with Crippen molar-refractivity contribution in [3.05, 3.63) is 65.7 Å². The van der Waals surface area contributed by atoms with Crippen molar-refractivity contribution in [1.82, 2.24) is 4.90 Å². The molecule has 2 aromatic carbocycles. The first-order valence-corrected chi connectivity index (χ1v) is 9.23. The van der Waals surface area contributed by atoms with Crippen molar-refractivity contribution in [2.75, 3.05) is 18.4 Å². The average Bonchev–Trinajstić information content (AvgIpc) is 2.98. The number of hydrogen-bond donors (Lipinski definition) is 1. The summed E-state index contributed by atoms with van der Waals surface area (Å²) >= 11 is 0. The Bertz CT molecular complexity index is 771. The van der Waals surface area contributed by atoms with E-state index in [1.165, 1.54) is 5.56 Å². The zero-order chi connectivity index (χ0) is 18.5. The zero-order valence-electron chi connectivity index (χ0n) is 15.4. The Morgan fingerprint density at radius 1 is 1.12 bits per heavy atom. The minimum absolute atomic E-state index is 0.0647. The first kappa shape index (κ1) is 18.2. The molecular weight excluding hydrogens is 324 g/mol. The van der Waals surface area contributed by atoms with Crippen LogP contribution in [-0.2, 0) is 16.0 Å². The smallest absolute Gasteiger partial charge is 0.229 e. The van der Waals surface area contributed by atoms with Crippen LogP contribution in [0, 0.1) is 11.8 Å². The molecule has 0 spiro atoms. The number of para-hydroxylation sites is 1. The third-order valence-electron chi connectivity index (χ3n) is 4.68. The summed E-state index contributed by atoms with van der Waals surface area (Å²) in [4.78, 5) is 26.6. The first-order valence-electron chi connectivity index (χ1n) is 9.23. The molecule has 2 amide bonds. The molecule has 1 fully saturated rings. The van der Waals surface area contributed by atoms with Crippen LogP contribution in [0.2, 0.25) is 0 Å². The first-order chi connectivity index (χ1) is 12.5. The molecule has 0 aromatic heterocycles. The van der Waals surface area contributed by atoms with E-state index in [0.717, 1.165) is 17.7 Å². The van der Waals surface area contributed by atoms with Crippen molar-refractivity contribution in [1.29, 1.82) is 0 Å². The average molecular weight is 350 g/mol. The standard InChI is InChI=1S/C22H26N2O2/c1-16(2)14-24-15-19(13-21(24)25)22(26)23-20-11-7-6-10-18(20)12-17-8-4-3-5-9-17/h3-11,16,19H,12-15H2,1-2H3,(H,23,26). The number of nitrogens with zero attached hydrogens (tertiary/aromatic N) is 1. The van der Waals surface area contributed by atoms with Gasteiger partial charge in [-0.25, -0.2) is 0 Å². The lowest BCUT2D eigenvalue weighted by Crippen LogP contribution is -2.31. The second-order valence-corrected chi connectivity index (χ2v) is 7.40. The molecule has 1 aliphatic rings. The number of likely N-dealkylation sites (tertiary alicyclic amines) is 1. The third kappa shape index (κ3) is 4.51. The quantitative estimate of drug-likeness (QED) is 0.863. The fraction of sp³-hybridized carbons (Fsp3) is 0.364. The highest BCUT2D eigenvalue weighted by atomic mass is 16.2. The number of carbonyl (C=O) groups is 2. The van der Waals surface area contributed by atoms with Crippen molar-refractivity contribution in [2.24, 2.45) is 11.8 Å². The molecule has 1 N–H and O–H groups in total. The summed E-state index contributed by atoms with van der Waals surface area (Å²) < 4.78 is 0. The minimum Gasteiger partial charge on any atom is -0.342 e. The molecule has 0 bridgehead atoms. The van der Waals surface area contributed by atoms with E-state index in [9.17, 15) is 9.59 Å². The van der Waals surface area contributed by atoms with Crippen LogP contribution in [0.25, 0.3) is 0 Å². The molecule has 1 unspecified atom stereocenters. The van der Waals surface area contributed by atoms with Gasteiger partial charge in [-0.15, -0.1) is 0 Å². The van der Waals surface area contributed by atoms with E-state index in [4.69, 9.17) is 0 Å². The van der Waals surface area contributed by atoms with E-state index in [2.05, 4.69) is 31.3 Å². The Hall–Kier alpha value is -2.62. The maximum atomic E-state index is 12.7. The van der Waals surface area contributed by atoms with Crippen molar-refractivity contribution >= 4 is 17.5 Å². The molecule has 1 saturated heterocycles. The van der Waals surface area contributed by atoms with Crippen molar-refractivity contribution in [2.45, 2.75) is 26.7 Å². The molecule has 0 aliphatic carbocycles. The maximum Gasteiger partial charge on any atom is 0.229 e. The van der Waals surface area contributed by atoms with E-state index in [1.54, 1.807) is 0 Å². The highest BCUT2D eigenvalue weighted by molar-refractivity contribution is 5.97. The fourth-order valence-corrected chi connectivity index (χ4v) is 3.41. The van der Waals surface area contributed by atoms with Gasteiger partial charge in [0.2, 0.25) is 11.8 Å². The van der Waals surface area contributed by atoms with Crippen molar-refractivity contribution in [3.63, 3.8) is 0 Å². The van der Waals surface area contributed by atoms with Crippen LogP contribution < -0.4 is 5.32 Å². The second-order valence-electron chi connectivity index (χ2n) is 7.40. The third-order valence-corrected chi connectivity index (χ3v) is 4.68. The van der Waals surface area contributed by atoms with Gasteiger partial charge in [-0.05, 0) is 29.5 Å². The largest absolute Gasteiger partial charge is 0.342 e. The van der Waals surface area contributed by atoms with E-state index in [0.29, 0.717) is 25.4 Å². The Morgan fingerprint density at radius 3 is 2.54 bits per heavy atom. The van der Waals surface area contributed by atoms with E-state index < -0.39 is 0 Å². The summed E-state index contributed by atoms with van der Waals surface area (Å²) in [6.07, 6.45) is 1.07. The second kappa shape index (κ2) is 8.17. The SMILES string of the molecule is CC(C)CN1CC(C(=O)Nc2ccccc2Cc2ccccc2)CC1=O. The fourth-order valence-electron chi connectivity index (χ4n) is 3.41. The van der Waals surface area contributed by atoms with Crippen LogP contribution in [-0.4, -0.2) is 29.8 Å². The molecule has 4 nitrogen and oxygen atoms in total. The Balaban J connectivity index is 1.68. The predicted octanol–water partition coefficient (Wildman–Crippen LogP) is 3.72. The number of amides is 2. The van der Waals surface area contributed by atoms with Gasteiger partial charge in [-0.2, -0.15) is 0 Å². The monoisotopic (exact) mass is 350 g/mol. The van der Waals surface area contributed by atoms with Gasteiger partial charge in [0.25, 0.3) is 0 Å². The normalized spacial score (nSPS) is 17.0. The lowest BCUT2D eigenvalue weighted by atomic mass is 10.0. The summed E-state index contributed by atoms with van der Waals surface area (Å²) in [5.41, 5.74) is 3.11. The molecule has 0 saturated carbocycles. The van der Waals surface area contributed by atoms with Crippen molar-refractivity contribution in [3.8, 4) is 0 Å². The lowest BCUT2D eigenvalue weighted by molar-refractivity contribution is -0.128. The number of rotatable bonds is 6. The topological polar surface area (TPSA) is 49.4 Å². The van der Waals surface area contributed by atoms with Gasteiger partial charge in [0.05, 0.1) is 5.92 Å². The highest BCUT2D eigenvalue weighted by Crippen LogP contribution is 2.23. The molecule has 0 radical (unpaired) electrons.